The van der Waals surface area contributed by atoms with Crippen molar-refractivity contribution in [2.24, 2.45) is 0 Å². The molecule has 2 fully saturated rings. The van der Waals surface area contributed by atoms with Crippen molar-refractivity contribution in [3.8, 4) is 11.3 Å². The van der Waals surface area contributed by atoms with Gasteiger partial charge in [-0.25, -0.2) is 9.50 Å². The number of imidazole rings is 1. The van der Waals surface area contributed by atoms with Gasteiger partial charge in [-0.1, -0.05) is 6.07 Å². The predicted octanol–water partition coefficient (Wildman–Crippen LogP) is 2.78. The van der Waals surface area contributed by atoms with Crippen LogP contribution >= 0.6 is 11.8 Å². The van der Waals surface area contributed by atoms with E-state index in [2.05, 4.69) is 57.4 Å². The number of rotatable bonds is 3. The van der Waals surface area contributed by atoms with Crippen molar-refractivity contribution in [3.63, 3.8) is 0 Å². The van der Waals surface area contributed by atoms with Gasteiger partial charge >= 0.3 is 0 Å². The molecule has 2 aliphatic heterocycles. The van der Waals surface area contributed by atoms with Crippen molar-refractivity contribution < 1.29 is 9.59 Å². The minimum absolute atomic E-state index is 0.339. The van der Waals surface area contributed by atoms with E-state index in [0.717, 1.165) is 54.8 Å². The van der Waals surface area contributed by atoms with Gasteiger partial charge in [-0.15, -0.1) is 0 Å². The number of fused-ring (bicyclic) bond motifs is 1. The monoisotopic (exact) mass is 434 g/mol. The van der Waals surface area contributed by atoms with Crippen LogP contribution in [0.1, 0.15) is 11.3 Å². The minimum Gasteiger partial charge on any atom is -0.369 e. The molecule has 31 heavy (non-hydrogen) atoms. The molecule has 0 aliphatic carbocycles. The number of nitrogens with zero attached hydrogens (tertiary/aromatic N) is 5. The number of benzene rings is 1. The van der Waals surface area contributed by atoms with E-state index in [1.807, 2.05) is 12.3 Å². The first-order valence-electron chi connectivity index (χ1n) is 10.1. The van der Waals surface area contributed by atoms with Crippen LogP contribution < -0.4 is 10.2 Å². The van der Waals surface area contributed by atoms with Crippen LogP contribution in [-0.2, 0) is 4.79 Å². The number of thioether (sulfide) groups is 1. The molecule has 0 spiro atoms. The maximum Gasteiger partial charge on any atom is 0.290 e. The molecule has 0 unspecified atom stereocenters. The Balaban J connectivity index is 1.47. The molecule has 1 N–H and O–H groups in total. The highest BCUT2D eigenvalue weighted by molar-refractivity contribution is 8.18. The summed E-state index contributed by atoms with van der Waals surface area (Å²) in [5.74, 6) is -0.391. The summed E-state index contributed by atoms with van der Waals surface area (Å²) in [5.41, 5.74) is 5.69. The smallest absolute Gasteiger partial charge is 0.290 e. The molecule has 2 aliphatic rings. The number of imide groups is 1. The highest BCUT2D eigenvalue weighted by Gasteiger charge is 2.25. The minimum atomic E-state index is -0.391. The molecule has 8 nitrogen and oxygen atoms in total. The molecule has 0 radical (unpaired) electrons. The fourth-order valence-corrected chi connectivity index (χ4v) is 4.60. The average molecular weight is 435 g/mol. The number of aromatic nitrogens is 3. The van der Waals surface area contributed by atoms with E-state index in [-0.39, 0.29) is 5.24 Å². The van der Waals surface area contributed by atoms with Gasteiger partial charge in [0.1, 0.15) is 0 Å². The molecule has 2 amide bonds. The number of likely N-dealkylation sites (N-methyl/N-ethyl adjacent to an activating group) is 1. The van der Waals surface area contributed by atoms with Gasteiger partial charge in [-0.05, 0) is 61.6 Å². The topological polar surface area (TPSA) is 82.8 Å². The predicted molar refractivity (Wildman–Crippen MR) is 122 cm³/mol. The van der Waals surface area contributed by atoms with Crippen LogP contribution in [-0.4, -0.2) is 63.9 Å². The standard InChI is InChI=1S/C22H22N6O2S/c1-14-11-15(3-5-17(14)27-9-7-26(2)8-10-27)18-13-23-20-6-4-16(25-28(18)20)12-19-21(29)24-22(30)31-19/h3-6,11-13H,7-10H2,1-2H3,(H,24,29,30)/b19-12-. The first-order chi connectivity index (χ1) is 15.0. The summed E-state index contributed by atoms with van der Waals surface area (Å²) in [7, 11) is 2.16. The van der Waals surface area contributed by atoms with Crippen molar-refractivity contribution in [1.29, 1.82) is 0 Å². The summed E-state index contributed by atoms with van der Waals surface area (Å²) >= 11 is 0.883. The van der Waals surface area contributed by atoms with E-state index in [9.17, 15) is 9.59 Å². The van der Waals surface area contributed by atoms with Crippen LogP contribution in [0.15, 0.2) is 41.4 Å². The molecule has 0 bridgehead atoms. The largest absolute Gasteiger partial charge is 0.369 e. The lowest BCUT2D eigenvalue weighted by molar-refractivity contribution is -0.115. The Bertz CT molecular complexity index is 1230. The number of hydrogen-bond acceptors (Lipinski definition) is 7. The van der Waals surface area contributed by atoms with E-state index >= 15 is 0 Å². The summed E-state index contributed by atoms with van der Waals surface area (Å²) in [6.45, 7) is 6.33. The van der Waals surface area contributed by atoms with Gasteiger partial charge in [0.15, 0.2) is 5.65 Å². The number of amides is 2. The van der Waals surface area contributed by atoms with Gasteiger partial charge < -0.3 is 9.80 Å². The third kappa shape index (κ3) is 3.82. The van der Waals surface area contributed by atoms with Crippen molar-refractivity contribution in [2.75, 3.05) is 38.1 Å². The maximum atomic E-state index is 11.8. The molecule has 2 saturated heterocycles. The molecule has 0 atom stereocenters. The Morgan fingerprint density at radius 1 is 1.10 bits per heavy atom. The second-order valence-electron chi connectivity index (χ2n) is 7.82. The summed E-state index contributed by atoms with van der Waals surface area (Å²) in [5, 5.41) is 6.54. The number of carbonyl (C=O) groups is 2. The normalized spacial score (nSPS) is 18.9. The Morgan fingerprint density at radius 3 is 2.61 bits per heavy atom. The van der Waals surface area contributed by atoms with Gasteiger partial charge in [-0.3, -0.25) is 14.9 Å². The van der Waals surface area contributed by atoms with Crippen molar-refractivity contribution in [3.05, 3.63) is 52.7 Å². The third-order valence-electron chi connectivity index (χ3n) is 5.64. The fourth-order valence-electron chi connectivity index (χ4n) is 3.93. The first-order valence-corrected chi connectivity index (χ1v) is 10.9. The number of carbonyl (C=O) groups excluding carboxylic acids is 2. The Kier molecular flexibility index (Phi) is 4.99. The van der Waals surface area contributed by atoms with E-state index in [1.165, 1.54) is 11.3 Å². The van der Waals surface area contributed by atoms with Gasteiger partial charge in [0.2, 0.25) is 0 Å². The van der Waals surface area contributed by atoms with Gasteiger partial charge in [0.25, 0.3) is 11.1 Å². The second-order valence-corrected chi connectivity index (χ2v) is 8.83. The van der Waals surface area contributed by atoms with Crippen LogP contribution in [0.3, 0.4) is 0 Å². The number of nitrogens with one attached hydrogen (secondary N) is 1. The molecule has 3 aromatic rings. The molecule has 158 valence electrons. The molecule has 0 saturated carbocycles. The first kappa shape index (κ1) is 19.8. The number of anilines is 1. The van der Waals surface area contributed by atoms with Crippen LogP contribution in [0.4, 0.5) is 10.5 Å². The zero-order chi connectivity index (χ0) is 21.5. The van der Waals surface area contributed by atoms with Crippen LogP contribution in [0, 0.1) is 6.92 Å². The van der Waals surface area contributed by atoms with E-state index < -0.39 is 5.91 Å². The lowest BCUT2D eigenvalue weighted by Gasteiger charge is -2.35. The van der Waals surface area contributed by atoms with Gasteiger partial charge in [0, 0.05) is 37.4 Å². The van der Waals surface area contributed by atoms with E-state index in [0.29, 0.717) is 10.6 Å². The Labute approximate surface area is 183 Å². The SMILES string of the molecule is Cc1cc(-c2cnc3ccc(/C=C4\SC(=O)NC4=O)nn23)ccc1N1CCN(C)CC1. The molecule has 5 rings (SSSR count). The maximum absolute atomic E-state index is 11.8. The molecule has 1 aromatic carbocycles. The van der Waals surface area contributed by atoms with Crippen molar-refractivity contribution in [1.82, 2.24) is 24.8 Å². The summed E-state index contributed by atoms with van der Waals surface area (Å²) < 4.78 is 1.77. The quantitative estimate of drug-likeness (QED) is 0.635. The average Bonchev–Trinajstić information content (AvgIpc) is 3.31. The Morgan fingerprint density at radius 2 is 1.90 bits per heavy atom. The zero-order valence-corrected chi connectivity index (χ0v) is 18.1. The van der Waals surface area contributed by atoms with Gasteiger partial charge in [-0.2, -0.15) is 5.10 Å². The second kappa shape index (κ2) is 7.82. The van der Waals surface area contributed by atoms with E-state index in [4.69, 9.17) is 0 Å². The van der Waals surface area contributed by atoms with Crippen LogP contribution in [0.25, 0.3) is 23.0 Å². The zero-order valence-electron chi connectivity index (χ0n) is 17.3. The molecular weight excluding hydrogens is 412 g/mol. The lowest BCUT2D eigenvalue weighted by Crippen LogP contribution is -2.44. The van der Waals surface area contributed by atoms with Crippen LogP contribution in [0.2, 0.25) is 0 Å². The van der Waals surface area contributed by atoms with Crippen molar-refractivity contribution >= 4 is 40.3 Å². The highest BCUT2D eigenvalue weighted by atomic mass is 32.2. The number of aryl methyl sites for hydroxylation is 1. The van der Waals surface area contributed by atoms with Crippen LogP contribution in [0.5, 0.6) is 0 Å². The molecule has 9 heteroatoms. The van der Waals surface area contributed by atoms with Gasteiger partial charge in [0.05, 0.1) is 22.5 Å². The summed E-state index contributed by atoms with van der Waals surface area (Å²) in [4.78, 5) is 32.8. The molecular formula is C22H22N6O2S. The number of hydrogen-bond donors (Lipinski definition) is 1. The lowest BCUT2D eigenvalue weighted by atomic mass is 10.1. The highest BCUT2D eigenvalue weighted by Crippen LogP contribution is 2.29. The Hall–Kier alpha value is -3.17. The number of piperazine rings is 1. The van der Waals surface area contributed by atoms with Crippen molar-refractivity contribution in [2.45, 2.75) is 6.92 Å². The molecule has 4 heterocycles. The van der Waals surface area contributed by atoms with E-state index in [1.54, 1.807) is 16.7 Å². The fraction of sp³-hybridized carbons (Fsp3) is 0.273. The summed E-state index contributed by atoms with van der Waals surface area (Å²) in [6.07, 6.45) is 3.43. The third-order valence-corrected chi connectivity index (χ3v) is 6.45. The molecule has 2 aromatic heterocycles. The summed E-state index contributed by atoms with van der Waals surface area (Å²) in [6, 6.07) is 10.1.